The highest BCUT2D eigenvalue weighted by molar-refractivity contribution is 5.78. The van der Waals surface area contributed by atoms with E-state index in [1.165, 1.54) is 12.3 Å². The molecule has 1 rings (SSSR count). The quantitative estimate of drug-likeness (QED) is 0.594. The van der Waals surface area contributed by atoms with Crippen LogP contribution in [0.5, 0.6) is 0 Å². The fraction of sp³-hybridized carbons (Fsp3) is 0.429. The summed E-state index contributed by atoms with van der Waals surface area (Å²) in [5.74, 6) is 0. The van der Waals surface area contributed by atoms with Crippen molar-refractivity contribution in [2.45, 2.75) is 26.2 Å². The molecular weight excluding hydrogens is 320 g/mol. The topological polar surface area (TPSA) is 133 Å². The van der Waals surface area contributed by atoms with Crippen molar-refractivity contribution in [1.82, 2.24) is 4.90 Å². The van der Waals surface area contributed by atoms with Crippen molar-refractivity contribution in [3.8, 4) is 0 Å². The van der Waals surface area contributed by atoms with Crippen molar-refractivity contribution in [3.63, 3.8) is 0 Å². The number of nitro groups is 3. The molecule has 0 saturated heterocycles. The summed E-state index contributed by atoms with van der Waals surface area (Å²) >= 11 is 0. The molecule has 1 aromatic rings. The van der Waals surface area contributed by atoms with Crippen molar-refractivity contribution in [1.29, 1.82) is 0 Å². The number of hydrogen-bond acceptors (Lipinski definition) is 7. The van der Waals surface area contributed by atoms with Gasteiger partial charge in [-0.3, -0.25) is 30.3 Å². The first-order chi connectivity index (χ1) is 10.9. The normalized spacial score (nSPS) is 11.5. The summed E-state index contributed by atoms with van der Waals surface area (Å²) in [7, 11) is 3.29. The molecule has 0 atom stereocenters. The Labute approximate surface area is 137 Å². The van der Waals surface area contributed by atoms with Gasteiger partial charge >= 0.3 is 0 Å². The van der Waals surface area contributed by atoms with Crippen LogP contribution in [-0.4, -0.2) is 33.8 Å². The summed E-state index contributed by atoms with van der Waals surface area (Å²) in [5, 5.41) is 34.2. The standard InChI is InChI=1S/C14H18N4O6/c1-14(2,3)12-11(17(21)22)8-10(16(19)20)9(6-7-15(4)5)13(12)18(23)24/h6-8H,1-5H3/b7-6+. The average Bonchev–Trinajstić information content (AvgIpc) is 2.41. The lowest BCUT2D eigenvalue weighted by molar-refractivity contribution is -0.404. The van der Waals surface area contributed by atoms with E-state index < -0.39 is 37.2 Å². The molecule has 10 heteroatoms. The highest BCUT2D eigenvalue weighted by Gasteiger charge is 2.40. The minimum absolute atomic E-state index is 0.151. The molecule has 10 nitrogen and oxygen atoms in total. The first kappa shape index (κ1) is 19.0. The van der Waals surface area contributed by atoms with Crippen LogP contribution in [0.2, 0.25) is 0 Å². The number of nitrogens with zero attached hydrogens (tertiary/aromatic N) is 4. The van der Waals surface area contributed by atoms with Crippen molar-refractivity contribution >= 4 is 23.1 Å². The molecule has 0 aliphatic rings. The second kappa shape index (κ2) is 6.60. The Morgan fingerprint density at radius 1 is 0.958 bits per heavy atom. The molecule has 0 bridgehead atoms. The second-order valence-electron chi connectivity index (χ2n) is 6.35. The van der Waals surface area contributed by atoms with Gasteiger partial charge in [0.1, 0.15) is 11.1 Å². The number of rotatable bonds is 5. The Hall–Kier alpha value is -3.04. The lowest BCUT2D eigenvalue weighted by Crippen LogP contribution is -2.18. The van der Waals surface area contributed by atoms with Gasteiger partial charge in [-0.1, -0.05) is 20.8 Å². The Kier molecular flexibility index (Phi) is 5.23. The van der Waals surface area contributed by atoms with Crippen LogP contribution in [-0.2, 0) is 5.41 Å². The highest BCUT2D eigenvalue weighted by atomic mass is 16.6. The SMILES string of the molecule is CN(C)/C=C/c1c([N+](=O)[O-])cc([N+](=O)[O-])c(C(C)(C)C)c1[N+](=O)[O-]. The van der Waals surface area contributed by atoms with E-state index in [1.807, 2.05) is 0 Å². The van der Waals surface area contributed by atoms with Gasteiger partial charge < -0.3 is 4.90 Å². The summed E-state index contributed by atoms with van der Waals surface area (Å²) < 4.78 is 0. The summed E-state index contributed by atoms with van der Waals surface area (Å²) in [6.45, 7) is 4.73. The van der Waals surface area contributed by atoms with Gasteiger partial charge in [0.25, 0.3) is 17.1 Å². The van der Waals surface area contributed by atoms with Crippen LogP contribution in [0.4, 0.5) is 17.1 Å². The third-order valence-corrected chi connectivity index (χ3v) is 3.16. The molecule has 130 valence electrons. The van der Waals surface area contributed by atoms with Crippen molar-refractivity contribution in [3.05, 3.63) is 53.7 Å². The summed E-state index contributed by atoms with van der Waals surface area (Å²) in [6.07, 6.45) is 2.63. The molecule has 0 spiro atoms. The van der Waals surface area contributed by atoms with Crippen molar-refractivity contribution < 1.29 is 14.8 Å². The fourth-order valence-corrected chi connectivity index (χ4v) is 2.27. The van der Waals surface area contributed by atoms with Crippen LogP contribution in [0.1, 0.15) is 31.9 Å². The Bertz CT molecular complexity index is 734. The Balaban J connectivity index is 4.08. The number of benzene rings is 1. The zero-order valence-electron chi connectivity index (χ0n) is 14.0. The van der Waals surface area contributed by atoms with Crippen LogP contribution in [0.15, 0.2) is 12.3 Å². The predicted octanol–water partition coefficient (Wildman–Crippen LogP) is 3.24. The van der Waals surface area contributed by atoms with Gasteiger partial charge in [-0.2, -0.15) is 0 Å². The highest BCUT2D eigenvalue weighted by Crippen LogP contribution is 2.45. The lowest BCUT2D eigenvalue weighted by atomic mass is 9.82. The Morgan fingerprint density at radius 3 is 1.79 bits per heavy atom. The molecule has 1 aromatic carbocycles. The molecule has 0 saturated carbocycles. The zero-order valence-corrected chi connectivity index (χ0v) is 14.0. The van der Waals surface area contributed by atoms with Gasteiger partial charge in [-0.05, 0) is 12.3 Å². The van der Waals surface area contributed by atoms with Gasteiger partial charge in [0.2, 0.25) is 0 Å². The van der Waals surface area contributed by atoms with E-state index in [2.05, 4.69) is 0 Å². The summed E-state index contributed by atoms with van der Waals surface area (Å²) in [6, 6.07) is 0.781. The van der Waals surface area contributed by atoms with Crippen LogP contribution < -0.4 is 0 Å². The van der Waals surface area contributed by atoms with E-state index in [0.29, 0.717) is 0 Å². The number of nitro benzene ring substituents is 3. The van der Waals surface area contributed by atoms with Gasteiger partial charge in [0.05, 0.1) is 20.8 Å². The molecule has 0 fully saturated rings. The maximum atomic E-state index is 11.6. The maximum absolute atomic E-state index is 11.6. The zero-order chi connectivity index (χ0) is 18.8. The van der Waals surface area contributed by atoms with E-state index in [4.69, 9.17) is 0 Å². The van der Waals surface area contributed by atoms with Crippen LogP contribution in [0.25, 0.3) is 6.08 Å². The molecule has 0 heterocycles. The molecule has 0 aromatic heterocycles. The third kappa shape index (κ3) is 3.83. The lowest BCUT2D eigenvalue weighted by Gasteiger charge is -2.19. The number of hydrogen-bond donors (Lipinski definition) is 0. The average molecular weight is 338 g/mol. The predicted molar refractivity (Wildman–Crippen MR) is 87.8 cm³/mol. The van der Waals surface area contributed by atoms with Gasteiger partial charge in [0.15, 0.2) is 0 Å². The smallest absolute Gasteiger partial charge is 0.294 e. The van der Waals surface area contributed by atoms with Crippen LogP contribution >= 0.6 is 0 Å². The minimum atomic E-state index is -0.958. The first-order valence-corrected chi connectivity index (χ1v) is 6.87. The van der Waals surface area contributed by atoms with E-state index in [-0.39, 0.29) is 11.1 Å². The monoisotopic (exact) mass is 338 g/mol. The summed E-state index contributed by atoms with van der Waals surface area (Å²) in [4.78, 5) is 33.3. The largest absolute Gasteiger partial charge is 0.383 e. The van der Waals surface area contributed by atoms with Gasteiger partial charge in [-0.25, -0.2) is 0 Å². The van der Waals surface area contributed by atoms with E-state index >= 15 is 0 Å². The molecule has 24 heavy (non-hydrogen) atoms. The maximum Gasteiger partial charge on any atom is 0.294 e. The minimum Gasteiger partial charge on any atom is -0.383 e. The molecule has 0 aliphatic heterocycles. The van der Waals surface area contributed by atoms with Crippen molar-refractivity contribution in [2.75, 3.05) is 14.1 Å². The van der Waals surface area contributed by atoms with Crippen LogP contribution in [0, 0.1) is 30.3 Å². The van der Waals surface area contributed by atoms with E-state index in [1.54, 1.807) is 39.8 Å². The molecule has 0 amide bonds. The fourth-order valence-electron chi connectivity index (χ4n) is 2.27. The molecule has 0 N–H and O–H groups in total. The summed E-state index contributed by atoms with van der Waals surface area (Å²) in [5.41, 5.74) is -3.32. The molecule has 0 radical (unpaired) electrons. The third-order valence-electron chi connectivity index (χ3n) is 3.16. The van der Waals surface area contributed by atoms with Gasteiger partial charge in [-0.15, -0.1) is 0 Å². The Morgan fingerprint density at radius 2 is 1.46 bits per heavy atom. The molecule has 0 unspecified atom stereocenters. The first-order valence-electron chi connectivity index (χ1n) is 6.87. The van der Waals surface area contributed by atoms with E-state index in [9.17, 15) is 30.3 Å². The van der Waals surface area contributed by atoms with E-state index in [0.717, 1.165) is 6.07 Å². The van der Waals surface area contributed by atoms with Gasteiger partial charge in [0, 0.05) is 19.5 Å². The van der Waals surface area contributed by atoms with Crippen LogP contribution in [0.3, 0.4) is 0 Å². The molecular formula is C14H18N4O6. The molecule has 0 aliphatic carbocycles. The van der Waals surface area contributed by atoms with Crippen molar-refractivity contribution in [2.24, 2.45) is 0 Å². The second-order valence-corrected chi connectivity index (χ2v) is 6.35.